The Bertz CT molecular complexity index is 719. The molecule has 0 aromatic heterocycles. The third-order valence-corrected chi connectivity index (χ3v) is 14.3. The summed E-state index contributed by atoms with van der Waals surface area (Å²) in [6.45, 7) is 0. The molecule has 0 radical (unpaired) electrons. The number of hydrogen-bond acceptors (Lipinski definition) is 0. The average Bonchev–Trinajstić information content (AvgIpc) is 3.20. The monoisotopic (exact) mass is 274 g/mol. The molecule has 0 amide bonds. The van der Waals surface area contributed by atoms with Crippen LogP contribution >= 0.6 is 0 Å². The minimum absolute atomic E-state index is 1.03. The highest BCUT2D eigenvalue weighted by atomic mass is 15.2. The summed E-state index contributed by atoms with van der Waals surface area (Å²) >= 11 is 0. The van der Waals surface area contributed by atoms with E-state index in [0.29, 0.717) is 0 Å². The van der Waals surface area contributed by atoms with E-state index in [-0.39, 0.29) is 0 Å². The first-order chi connectivity index (χ1) is 10.4. The van der Waals surface area contributed by atoms with Gasteiger partial charge in [0.2, 0.25) is 0 Å². The summed E-state index contributed by atoms with van der Waals surface area (Å²) in [5.74, 6) is 15.6. The van der Waals surface area contributed by atoms with Gasteiger partial charge in [-0.3, -0.25) is 0 Å². The van der Waals surface area contributed by atoms with Crippen molar-refractivity contribution in [1.82, 2.24) is 0 Å². The van der Waals surface area contributed by atoms with Crippen molar-refractivity contribution in [2.45, 2.75) is 32.1 Å². The normalized spacial score (nSPS) is 104. The number of fused-ring (bicyclic) bond motifs is 1. The fourth-order valence-electron chi connectivity index (χ4n) is 17.1. The summed E-state index contributed by atoms with van der Waals surface area (Å²) in [5, 5.41) is 0. The van der Waals surface area contributed by atoms with Crippen LogP contribution in [0.4, 0.5) is 0 Å². The van der Waals surface area contributed by atoms with E-state index in [0.717, 1.165) is 21.7 Å². The highest BCUT2D eigenvalue weighted by Crippen LogP contribution is 3.21. The van der Waals surface area contributed by atoms with Gasteiger partial charge in [0.1, 0.15) is 0 Å². The van der Waals surface area contributed by atoms with E-state index in [1.165, 1.54) is 71.0 Å². The van der Waals surface area contributed by atoms with Crippen LogP contribution in [0, 0.1) is 92.7 Å². The third kappa shape index (κ3) is 0.326. The molecule has 8 bridgehead atoms. The van der Waals surface area contributed by atoms with Crippen molar-refractivity contribution < 1.29 is 0 Å². The van der Waals surface area contributed by atoms with Crippen molar-refractivity contribution in [3.05, 3.63) is 0 Å². The molecule has 13 saturated carbocycles. The Morgan fingerprint density at radius 2 is 0.667 bits per heavy atom. The van der Waals surface area contributed by atoms with Gasteiger partial charge in [-0.25, -0.2) is 0 Å². The van der Waals surface area contributed by atoms with Crippen molar-refractivity contribution in [3.8, 4) is 0 Å². The van der Waals surface area contributed by atoms with E-state index in [9.17, 15) is 0 Å². The summed E-state index contributed by atoms with van der Waals surface area (Å²) in [5.41, 5.74) is 4.13. The van der Waals surface area contributed by atoms with Gasteiger partial charge < -0.3 is 0 Å². The van der Waals surface area contributed by atoms with E-state index < -0.39 is 0 Å². The molecule has 0 heterocycles. The lowest BCUT2D eigenvalue weighted by molar-refractivity contribution is -0.339. The molecular weight excluding hydrogens is 252 g/mol. The molecule has 13 aliphatic carbocycles. The van der Waals surface area contributed by atoms with Gasteiger partial charge in [0.15, 0.2) is 0 Å². The van der Waals surface area contributed by atoms with Crippen LogP contribution in [0.3, 0.4) is 0 Å². The van der Waals surface area contributed by atoms with Gasteiger partial charge in [-0.05, 0) is 125 Å². The molecule has 0 N–H and O–H groups in total. The fourth-order valence-corrected chi connectivity index (χ4v) is 17.1. The molecule has 4 spiro atoms. The van der Waals surface area contributed by atoms with Gasteiger partial charge in [-0.2, -0.15) is 0 Å². The Labute approximate surface area is 125 Å². The largest absolute Gasteiger partial charge is 0.0493 e. The first-order valence-corrected chi connectivity index (χ1v) is 10.4. The van der Waals surface area contributed by atoms with Crippen molar-refractivity contribution in [2.24, 2.45) is 92.7 Å². The van der Waals surface area contributed by atoms with Crippen LogP contribution in [-0.4, -0.2) is 0 Å². The lowest BCUT2D eigenvalue weighted by atomic mass is 9.24. The maximum absolute atomic E-state index is 1.78. The van der Waals surface area contributed by atoms with Crippen LogP contribution in [0.25, 0.3) is 0 Å². The predicted octanol–water partition coefficient (Wildman–Crippen LogP) is 3.43. The van der Waals surface area contributed by atoms with E-state index in [1.807, 2.05) is 0 Å². The predicted molar refractivity (Wildman–Crippen MR) is 74.7 cm³/mol. The smallest absolute Gasteiger partial charge is 0.00996 e. The quantitative estimate of drug-likeness (QED) is 0.635. The maximum Gasteiger partial charge on any atom is -0.00996 e. The van der Waals surface area contributed by atoms with Crippen molar-refractivity contribution in [1.29, 1.82) is 0 Å². The Hall–Kier alpha value is 0. The lowest BCUT2D eigenvalue weighted by Crippen LogP contribution is -2.77. The van der Waals surface area contributed by atoms with Crippen LogP contribution in [0.15, 0.2) is 0 Å². The van der Waals surface area contributed by atoms with Crippen LogP contribution in [-0.2, 0) is 0 Å². The topological polar surface area (TPSA) is 0 Å². The zero-order valence-electron chi connectivity index (χ0n) is 12.5. The number of hydrogen-bond donors (Lipinski definition) is 0. The Morgan fingerprint density at radius 3 is 1.05 bits per heavy atom. The molecule has 21 heavy (non-hydrogen) atoms. The minimum Gasteiger partial charge on any atom is -0.0493 e. The van der Waals surface area contributed by atoms with Gasteiger partial charge in [0, 0.05) is 0 Å². The molecule has 0 aliphatic heterocycles. The van der Waals surface area contributed by atoms with Gasteiger partial charge >= 0.3 is 0 Å². The molecule has 16 atom stereocenters. The molecular formula is C21H22. The molecule has 0 saturated heterocycles. The summed E-state index contributed by atoms with van der Waals surface area (Å²) < 4.78 is 0. The van der Waals surface area contributed by atoms with E-state index in [4.69, 9.17) is 0 Å². The fraction of sp³-hybridized carbons (Fsp3) is 1.00. The van der Waals surface area contributed by atoms with Gasteiger partial charge in [-0.15, -0.1) is 0 Å². The van der Waals surface area contributed by atoms with Crippen LogP contribution < -0.4 is 0 Å². The van der Waals surface area contributed by atoms with E-state index in [1.54, 1.807) is 32.1 Å². The van der Waals surface area contributed by atoms with Gasteiger partial charge in [0.05, 0.1) is 0 Å². The second-order valence-electron chi connectivity index (χ2n) is 11.9. The highest BCUT2D eigenvalue weighted by molar-refractivity contribution is 5.64. The molecule has 0 nitrogen and oxygen atoms in total. The van der Waals surface area contributed by atoms with Gasteiger partial charge in [0.25, 0.3) is 0 Å². The number of rotatable bonds is 0. The second-order valence-corrected chi connectivity index (χ2v) is 11.9. The Balaban J connectivity index is 1.55. The summed E-state index contributed by atoms with van der Waals surface area (Å²) in [4.78, 5) is 0. The SMILES string of the molecule is C1C[C@H]2[C@@H]3[C@H]4[C@@H]1[C@@]15[C@H]6C[C@@H]7[C@@H]8[C@@H]6[C@H]6C[C@@H]8[C@@]8([C@@H]3C[C@@H]4[C@@]618)[C@@]725. The molecule has 0 heteroatoms. The van der Waals surface area contributed by atoms with Crippen molar-refractivity contribution in [3.63, 3.8) is 0 Å². The van der Waals surface area contributed by atoms with Crippen LogP contribution in [0.5, 0.6) is 0 Å². The van der Waals surface area contributed by atoms with Crippen LogP contribution in [0.2, 0.25) is 0 Å². The van der Waals surface area contributed by atoms with Crippen molar-refractivity contribution >= 4 is 0 Å². The lowest BCUT2D eigenvalue weighted by Gasteiger charge is -2.79. The molecule has 106 valence electrons. The first kappa shape index (κ1) is 8.74. The maximum atomic E-state index is 1.78. The van der Waals surface area contributed by atoms with E-state index in [2.05, 4.69) is 0 Å². The second kappa shape index (κ2) is 1.71. The molecule has 13 rings (SSSR count). The van der Waals surface area contributed by atoms with Crippen molar-refractivity contribution in [2.75, 3.05) is 0 Å². The summed E-state index contributed by atoms with van der Waals surface area (Å²) in [7, 11) is 0. The summed E-state index contributed by atoms with van der Waals surface area (Å²) in [6.07, 6.45) is 8.76. The highest BCUT2D eigenvalue weighted by Gasteiger charge is 3.18. The molecule has 0 aromatic rings. The molecule has 13 aliphatic rings. The van der Waals surface area contributed by atoms with Gasteiger partial charge in [-0.1, -0.05) is 0 Å². The minimum atomic E-state index is 1.03. The first-order valence-electron chi connectivity index (χ1n) is 10.4. The Morgan fingerprint density at radius 1 is 0.381 bits per heavy atom. The van der Waals surface area contributed by atoms with Crippen LogP contribution in [0.1, 0.15) is 32.1 Å². The third-order valence-electron chi connectivity index (χ3n) is 14.3. The zero-order valence-corrected chi connectivity index (χ0v) is 12.5. The Kier molecular flexibility index (Phi) is 0.711. The van der Waals surface area contributed by atoms with E-state index >= 15 is 0 Å². The standard InChI is InChI=1S/C21H22/c1-2-7-15-9-3-8-14(15)6(1)18-10-4-11-17-13-5-12(16(10)17)20(8,18)21(9,13)19(7,11)18/h6-17H,1-5H2/t6-,7+,8+,9-,10+,11-,12-,13+,14-,15-,16-,17-,18+,19-,20-,21+/m0/s1. The molecule has 13 fully saturated rings. The zero-order chi connectivity index (χ0) is 12.5. The molecule has 0 unspecified atom stereocenters. The molecule has 0 aromatic carbocycles. The summed E-state index contributed by atoms with van der Waals surface area (Å²) in [6, 6.07) is 0. The average molecular weight is 274 g/mol.